The summed E-state index contributed by atoms with van der Waals surface area (Å²) in [4.78, 5) is 5.23. The van der Waals surface area contributed by atoms with Gasteiger partial charge < -0.3 is 10.6 Å². The lowest BCUT2D eigenvalue weighted by atomic mass is 10.3. The van der Waals surface area contributed by atoms with Crippen molar-refractivity contribution in [3.8, 4) is 0 Å². The average Bonchev–Trinajstić information content (AvgIpc) is 2.74. The zero-order valence-electron chi connectivity index (χ0n) is 9.44. The number of fused-ring (bicyclic) bond motifs is 1. The van der Waals surface area contributed by atoms with Gasteiger partial charge in [-0.15, -0.1) is 11.3 Å². The average molecular weight is 275 g/mol. The van der Waals surface area contributed by atoms with Gasteiger partial charge in [-0.2, -0.15) is 13.2 Å². The molecule has 0 amide bonds. The van der Waals surface area contributed by atoms with Crippen LogP contribution in [0.15, 0.2) is 23.7 Å². The van der Waals surface area contributed by atoms with Crippen LogP contribution in [0, 0.1) is 0 Å². The zero-order chi connectivity index (χ0) is 13.2. The monoisotopic (exact) mass is 275 g/mol. The van der Waals surface area contributed by atoms with Gasteiger partial charge in [0.05, 0.1) is 0 Å². The lowest BCUT2D eigenvalue weighted by Crippen LogP contribution is -2.38. The molecule has 2 heterocycles. The van der Waals surface area contributed by atoms with E-state index in [-0.39, 0.29) is 13.1 Å². The topological polar surface area (TPSA) is 42.1 Å². The Balaban J connectivity index is 2.38. The number of aromatic nitrogens is 1. The number of halogens is 3. The van der Waals surface area contributed by atoms with Gasteiger partial charge in [-0.05, 0) is 17.5 Å². The van der Waals surface area contributed by atoms with E-state index in [1.54, 1.807) is 12.1 Å². The first-order chi connectivity index (χ1) is 8.51. The Hall–Kier alpha value is -1.34. The molecule has 0 atom stereocenters. The maximum Gasteiger partial charge on any atom is 0.405 e. The van der Waals surface area contributed by atoms with E-state index in [9.17, 15) is 13.2 Å². The summed E-state index contributed by atoms with van der Waals surface area (Å²) in [5, 5.41) is 2.57. The molecule has 0 aliphatic carbocycles. The van der Waals surface area contributed by atoms with Crippen LogP contribution >= 0.6 is 11.3 Å². The van der Waals surface area contributed by atoms with Crippen LogP contribution in [0.4, 0.5) is 19.0 Å². The summed E-state index contributed by atoms with van der Waals surface area (Å²) in [5.41, 5.74) is 5.37. The van der Waals surface area contributed by atoms with E-state index in [2.05, 4.69) is 4.98 Å². The van der Waals surface area contributed by atoms with Crippen LogP contribution in [0.25, 0.3) is 10.1 Å². The largest absolute Gasteiger partial charge is 0.405 e. The van der Waals surface area contributed by atoms with E-state index < -0.39 is 12.7 Å². The lowest BCUT2D eigenvalue weighted by Gasteiger charge is -2.24. The Kier molecular flexibility index (Phi) is 3.72. The third-order valence-corrected chi connectivity index (χ3v) is 3.31. The molecule has 2 rings (SSSR count). The highest BCUT2D eigenvalue weighted by Crippen LogP contribution is 2.30. The van der Waals surface area contributed by atoms with Crippen molar-refractivity contribution in [2.75, 3.05) is 24.5 Å². The molecule has 7 heteroatoms. The standard InChI is InChI=1S/C11H12F3N3S/c12-11(13,14)7-17(5-3-15)10-8-2-6-18-9(8)1-4-16-10/h1-2,4,6H,3,5,7,15H2. The molecule has 0 saturated carbocycles. The maximum atomic E-state index is 12.5. The van der Waals surface area contributed by atoms with Crippen LogP contribution in [0.1, 0.15) is 0 Å². The Morgan fingerprint density at radius 1 is 1.33 bits per heavy atom. The van der Waals surface area contributed by atoms with Crippen LogP contribution in [-0.2, 0) is 0 Å². The number of nitrogens with two attached hydrogens (primary N) is 1. The molecule has 0 aromatic carbocycles. The maximum absolute atomic E-state index is 12.5. The molecule has 0 spiro atoms. The van der Waals surface area contributed by atoms with Crippen molar-refractivity contribution >= 4 is 27.2 Å². The normalized spacial score (nSPS) is 12.0. The fourth-order valence-corrected chi connectivity index (χ4v) is 2.54. The van der Waals surface area contributed by atoms with Crippen LogP contribution in [-0.4, -0.2) is 30.8 Å². The first-order valence-corrected chi connectivity index (χ1v) is 6.23. The summed E-state index contributed by atoms with van der Waals surface area (Å²) in [6.07, 6.45) is -2.75. The van der Waals surface area contributed by atoms with E-state index in [1.165, 1.54) is 22.4 Å². The molecular weight excluding hydrogens is 263 g/mol. The summed E-state index contributed by atoms with van der Waals surface area (Å²) in [6, 6.07) is 3.57. The number of rotatable bonds is 4. The smallest absolute Gasteiger partial charge is 0.346 e. The Labute approximate surface area is 106 Å². The predicted molar refractivity (Wildman–Crippen MR) is 66.9 cm³/mol. The second-order valence-corrected chi connectivity index (χ2v) is 4.74. The van der Waals surface area contributed by atoms with Crippen molar-refractivity contribution in [3.63, 3.8) is 0 Å². The van der Waals surface area contributed by atoms with Gasteiger partial charge in [0.2, 0.25) is 0 Å². The predicted octanol–water partition coefficient (Wildman–Crippen LogP) is 2.62. The molecule has 0 saturated heterocycles. The van der Waals surface area contributed by atoms with Crippen molar-refractivity contribution < 1.29 is 13.2 Å². The molecule has 0 aliphatic rings. The molecule has 0 radical (unpaired) electrons. The number of hydrogen-bond donors (Lipinski definition) is 1. The van der Waals surface area contributed by atoms with Gasteiger partial charge in [0, 0.05) is 29.4 Å². The molecule has 2 aromatic heterocycles. The number of hydrogen-bond acceptors (Lipinski definition) is 4. The summed E-state index contributed by atoms with van der Waals surface area (Å²) in [6.45, 7) is -0.758. The number of thiophene rings is 1. The third kappa shape index (κ3) is 2.91. The van der Waals surface area contributed by atoms with E-state index in [1.807, 2.05) is 5.38 Å². The summed E-state index contributed by atoms with van der Waals surface area (Å²) < 4.78 is 38.5. The first kappa shape index (κ1) is 13.1. The van der Waals surface area contributed by atoms with E-state index in [4.69, 9.17) is 5.73 Å². The number of alkyl halides is 3. The number of nitrogens with zero attached hydrogens (tertiary/aromatic N) is 2. The molecule has 3 nitrogen and oxygen atoms in total. The molecule has 0 bridgehead atoms. The number of pyridine rings is 1. The lowest BCUT2D eigenvalue weighted by molar-refractivity contribution is -0.119. The van der Waals surface area contributed by atoms with Crippen molar-refractivity contribution in [2.24, 2.45) is 5.73 Å². The summed E-state index contributed by atoms with van der Waals surface area (Å²) in [7, 11) is 0. The quantitative estimate of drug-likeness (QED) is 0.932. The minimum atomic E-state index is -4.27. The Bertz CT molecular complexity index is 523. The fourth-order valence-electron chi connectivity index (χ4n) is 1.76. The Morgan fingerprint density at radius 2 is 2.11 bits per heavy atom. The van der Waals surface area contributed by atoms with Gasteiger partial charge in [0.15, 0.2) is 0 Å². The van der Waals surface area contributed by atoms with Crippen LogP contribution < -0.4 is 10.6 Å². The molecular formula is C11H12F3N3S. The van der Waals surface area contributed by atoms with Crippen molar-refractivity contribution in [3.05, 3.63) is 23.7 Å². The van der Waals surface area contributed by atoms with Gasteiger partial charge in [0.1, 0.15) is 12.4 Å². The highest BCUT2D eigenvalue weighted by molar-refractivity contribution is 7.17. The minimum absolute atomic E-state index is 0.126. The molecule has 0 unspecified atom stereocenters. The molecule has 0 fully saturated rings. The Morgan fingerprint density at radius 3 is 2.78 bits per heavy atom. The SMILES string of the molecule is NCCN(CC(F)(F)F)c1nccc2sccc12. The molecule has 2 N–H and O–H groups in total. The van der Waals surface area contributed by atoms with Crippen molar-refractivity contribution in [1.82, 2.24) is 4.98 Å². The minimum Gasteiger partial charge on any atom is -0.346 e. The molecule has 0 aliphatic heterocycles. The van der Waals surface area contributed by atoms with Crippen LogP contribution in [0.2, 0.25) is 0 Å². The van der Waals surface area contributed by atoms with Crippen molar-refractivity contribution in [1.29, 1.82) is 0 Å². The molecule has 18 heavy (non-hydrogen) atoms. The highest BCUT2D eigenvalue weighted by atomic mass is 32.1. The highest BCUT2D eigenvalue weighted by Gasteiger charge is 2.31. The third-order valence-electron chi connectivity index (χ3n) is 2.43. The van der Waals surface area contributed by atoms with Gasteiger partial charge in [0.25, 0.3) is 0 Å². The first-order valence-electron chi connectivity index (χ1n) is 5.35. The van der Waals surface area contributed by atoms with Crippen LogP contribution in [0.3, 0.4) is 0 Å². The second kappa shape index (κ2) is 5.11. The van der Waals surface area contributed by atoms with E-state index >= 15 is 0 Å². The van der Waals surface area contributed by atoms with Gasteiger partial charge in [-0.1, -0.05) is 0 Å². The summed E-state index contributed by atoms with van der Waals surface area (Å²) >= 11 is 1.48. The molecule has 98 valence electrons. The van der Waals surface area contributed by atoms with Gasteiger partial charge >= 0.3 is 6.18 Å². The van der Waals surface area contributed by atoms with Gasteiger partial charge in [-0.25, -0.2) is 4.98 Å². The number of anilines is 1. The zero-order valence-corrected chi connectivity index (χ0v) is 10.3. The summed E-state index contributed by atoms with van der Waals surface area (Å²) in [5.74, 6) is 0.344. The van der Waals surface area contributed by atoms with Crippen LogP contribution in [0.5, 0.6) is 0 Å². The second-order valence-electron chi connectivity index (χ2n) is 3.79. The van der Waals surface area contributed by atoms with Crippen molar-refractivity contribution in [2.45, 2.75) is 6.18 Å². The molecule has 2 aromatic rings. The fraction of sp³-hybridized carbons (Fsp3) is 0.364. The van der Waals surface area contributed by atoms with Gasteiger partial charge in [-0.3, -0.25) is 0 Å². The van der Waals surface area contributed by atoms with E-state index in [0.29, 0.717) is 5.82 Å². The van der Waals surface area contributed by atoms with E-state index in [0.717, 1.165) is 10.1 Å².